The van der Waals surface area contributed by atoms with Gasteiger partial charge < -0.3 is 4.74 Å². The summed E-state index contributed by atoms with van der Waals surface area (Å²) >= 11 is 0. The number of methoxy groups -OCH3 is 1. The topological polar surface area (TPSA) is 127 Å². The van der Waals surface area contributed by atoms with Gasteiger partial charge in [-0.3, -0.25) is 14.5 Å². The fourth-order valence-corrected chi connectivity index (χ4v) is 2.42. The molecule has 0 aliphatic rings. The fraction of sp³-hybridized carbons (Fsp3) is 0.300. The van der Waals surface area contributed by atoms with Crippen molar-refractivity contribution in [3.8, 4) is 5.75 Å². The number of nitrogens with zero attached hydrogens (tertiary/aromatic N) is 2. The van der Waals surface area contributed by atoms with Gasteiger partial charge in [-0.1, -0.05) is 5.16 Å². The van der Waals surface area contributed by atoms with E-state index in [9.17, 15) is 13.2 Å². The minimum absolute atomic E-state index is 0.00880. The van der Waals surface area contributed by atoms with Crippen LogP contribution in [0, 0.1) is 0 Å². The van der Waals surface area contributed by atoms with E-state index in [-0.39, 0.29) is 23.7 Å². The maximum absolute atomic E-state index is 12.0. The number of aromatic nitrogens is 3. The summed E-state index contributed by atoms with van der Waals surface area (Å²) in [5.74, 6) is -0.0740. The Morgan fingerprint density at radius 1 is 1.45 bits per heavy atom. The Morgan fingerprint density at radius 3 is 2.90 bits per heavy atom. The van der Waals surface area contributed by atoms with Crippen LogP contribution in [-0.4, -0.2) is 37.2 Å². The molecule has 10 heteroatoms. The molecule has 0 aromatic carbocycles. The highest BCUT2D eigenvalue weighted by Gasteiger charge is 2.15. The molecule has 2 N–H and O–H groups in total. The van der Waals surface area contributed by atoms with Crippen molar-refractivity contribution in [3.63, 3.8) is 0 Å². The number of hydrogen-bond donors (Lipinski definition) is 2. The first-order chi connectivity index (χ1) is 9.51. The Hall–Kier alpha value is -2.20. The molecular formula is C10H12N4O5S. The standard InChI is InChI=1S/C10H12N4O5S/c1-18-7-4-8(6-11-5-7)20(16,17)12-3-2-9-13-10(15)19-14-9/h4-6,12H,2-3H2,1H3,(H,13,14,15). The van der Waals surface area contributed by atoms with E-state index < -0.39 is 15.8 Å². The predicted octanol–water partition coefficient (Wildman–Crippen LogP) is -0.713. The van der Waals surface area contributed by atoms with Crippen molar-refractivity contribution in [2.24, 2.45) is 0 Å². The van der Waals surface area contributed by atoms with Crippen molar-refractivity contribution in [2.45, 2.75) is 11.3 Å². The average molecular weight is 300 g/mol. The van der Waals surface area contributed by atoms with E-state index in [2.05, 4.69) is 24.4 Å². The Labute approximate surface area is 114 Å². The summed E-state index contributed by atoms with van der Waals surface area (Å²) in [4.78, 5) is 16.8. The molecule has 0 spiro atoms. The zero-order valence-electron chi connectivity index (χ0n) is 10.5. The van der Waals surface area contributed by atoms with Crippen LogP contribution in [0.25, 0.3) is 0 Å². The highest BCUT2D eigenvalue weighted by Crippen LogP contribution is 2.14. The monoisotopic (exact) mass is 300 g/mol. The largest absolute Gasteiger partial charge is 0.495 e. The number of rotatable bonds is 6. The van der Waals surface area contributed by atoms with E-state index in [1.807, 2.05) is 0 Å². The lowest BCUT2D eigenvalue weighted by molar-refractivity contribution is 0.381. The molecule has 2 aromatic rings. The second-order valence-corrected chi connectivity index (χ2v) is 5.52. The summed E-state index contributed by atoms with van der Waals surface area (Å²) in [5.41, 5.74) is 0. The third-order valence-electron chi connectivity index (χ3n) is 2.37. The minimum Gasteiger partial charge on any atom is -0.495 e. The van der Waals surface area contributed by atoms with Crippen LogP contribution in [0.5, 0.6) is 5.75 Å². The van der Waals surface area contributed by atoms with E-state index >= 15 is 0 Å². The molecule has 0 bridgehead atoms. The van der Waals surface area contributed by atoms with Crippen LogP contribution in [0.2, 0.25) is 0 Å². The first-order valence-electron chi connectivity index (χ1n) is 5.55. The molecule has 0 saturated heterocycles. The molecule has 9 nitrogen and oxygen atoms in total. The molecule has 108 valence electrons. The highest BCUT2D eigenvalue weighted by atomic mass is 32.2. The number of pyridine rings is 1. The normalized spacial score (nSPS) is 11.4. The molecule has 20 heavy (non-hydrogen) atoms. The Kier molecular flexibility index (Phi) is 4.15. The Morgan fingerprint density at radius 2 is 2.25 bits per heavy atom. The SMILES string of the molecule is COc1cncc(S(=O)(=O)NCCc2noc(=O)[nH]2)c1. The minimum atomic E-state index is -3.70. The lowest BCUT2D eigenvalue weighted by atomic mass is 10.4. The van der Waals surface area contributed by atoms with Crippen molar-refractivity contribution < 1.29 is 17.7 Å². The molecule has 0 atom stereocenters. The molecule has 0 aliphatic heterocycles. The van der Waals surface area contributed by atoms with Gasteiger partial charge in [0.1, 0.15) is 10.6 Å². The summed E-state index contributed by atoms with van der Waals surface area (Å²) in [6.07, 6.45) is 2.81. The van der Waals surface area contributed by atoms with Crippen molar-refractivity contribution >= 4 is 10.0 Å². The highest BCUT2D eigenvalue weighted by molar-refractivity contribution is 7.89. The lowest BCUT2D eigenvalue weighted by Crippen LogP contribution is -2.26. The molecule has 2 aromatic heterocycles. The second kappa shape index (κ2) is 5.84. The van der Waals surface area contributed by atoms with Crippen LogP contribution >= 0.6 is 0 Å². The molecular weight excluding hydrogens is 288 g/mol. The van der Waals surface area contributed by atoms with Gasteiger partial charge in [0.05, 0.1) is 13.3 Å². The fourth-order valence-electron chi connectivity index (χ4n) is 1.41. The van der Waals surface area contributed by atoms with Gasteiger partial charge in [0, 0.05) is 25.2 Å². The maximum Gasteiger partial charge on any atom is 0.438 e. The number of nitrogens with one attached hydrogen (secondary N) is 2. The molecule has 0 fully saturated rings. The molecule has 0 aliphatic carbocycles. The summed E-state index contributed by atoms with van der Waals surface area (Å²) in [5, 5.41) is 3.43. The van der Waals surface area contributed by atoms with E-state index in [1.165, 1.54) is 25.6 Å². The van der Waals surface area contributed by atoms with E-state index in [0.717, 1.165) is 0 Å². The van der Waals surface area contributed by atoms with Crippen molar-refractivity contribution in [3.05, 3.63) is 34.8 Å². The van der Waals surface area contributed by atoms with Gasteiger partial charge in [0.25, 0.3) is 0 Å². The summed E-state index contributed by atoms with van der Waals surface area (Å²) < 4.78 is 35.5. The first kappa shape index (κ1) is 14.2. The maximum atomic E-state index is 12.0. The van der Waals surface area contributed by atoms with Gasteiger partial charge in [-0.05, 0) is 0 Å². The van der Waals surface area contributed by atoms with Crippen LogP contribution < -0.4 is 15.2 Å². The van der Waals surface area contributed by atoms with Crippen LogP contribution in [0.4, 0.5) is 0 Å². The average Bonchev–Trinajstić information content (AvgIpc) is 2.84. The van der Waals surface area contributed by atoms with Gasteiger partial charge in [-0.15, -0.1) is 0 Å². The van der Waals surface area contributed by atoms with Gasteiger partial charge in [0.15, 0.2) is 5.82 Å². The predicted molar refractivity (Wildman–Crippen MR) is 66.8 cm³/mol. The third-order valence-corrected chi connectivity index (χ3v) is 3.80. The van der Waals surface area contributed by atoms with Gasteiger partial charge >= 0.3 is 5.76 Å². The van der Waals surface area contributed by atoms with Gasteiger partial charge in [-0.2, -0.15) is 0 Å². The smallest absolute Gasteiger partial charge is 0.438 e. The van der Waals surface area contributed by atoms with Crippen LogP contribution in [0.3, 0.4) is 0 Å². The number of hydrogen-bond acceptors (Lipinski definition) is 7. The zero-order valence-corrected chi connectivity index (χ0v) is 11.3. The number of H-pyrrole nitrogens is 1. The second-order valence-electron chi connectivity index (χ2n) is 3.75. The van der Waals surface area contributed by atoms with E-state index in [0.29, 0.717) is 5.75 Å². The van der Waals surface area contributed by atoms with E-state index in [1.54, 1.807) is 0 Å². The van der Waals surface area contributed by atoms with E-state index in [4.69, 9.17) is 4.74 Å². The van der Waals surface area contributed by atoms with Gasteiger partial charge in [-0.25, -0.2) is 17.9 Å². The molecule has 0 amide bonds. The zero-order chi connectivity index (χ0) is 14.6. The summed E-state index contributed by atoms with van der Waals surface area (Å²) in [7, 11) is -2.28. The molecule has 0 unspecified atom stereocenters. The summed E-state index contributed by atoms with van der Waals surface area (Å²) in [6, 6.07) is 1.35. The third kappa shape index (κ3) is 3.42. The van der Waals surface area contributed by atoms with Crippen LogP contribution in [0.15, 0.2) is 32.7 Å². The number of sulfonamides is 1. The quantitative estimate of drug-likeness (QED) is 0.721. The molecule has 0 radical (unpaired) electrons. The molecule has 0 saturated carbocycles. The molecule has 2 heterocycles. The lowest BCUT2D eigenvalue weighted by Gasteiger charge is -2.06. The van der Waals surface area contributed by atoms with Gasteiger partial charge in [0.2, 0.25) is 10.0 Å². The summed E-state index contributed by atoms with van der Waals surface area (Å²) in [6.45, 7) is 0.0576. The van der Waals surface area contributed by atoms with Crippen molar-refractivity contribution in [2.75, 3.05) is 13.7 Å². The van der Waals surface area contributed by atoms with Crippen molar-refractivity contribution in [1.82, 2.24) is 19.8 Å². The Bertz CT molecular complexity index is 736. The first-order valence-corrected chi connectivity index (χ1v) is 7.03. The van der Waals surface area contributed by atoms with Crippen LogP contribution in [0.1, 0.15) is 5.82 Å². The Balaban J connectivity index is 2.01. The van der Waals surface area contributed by atoms with Crippen molar-refractivity contribution in [1.29, 1.82) is 0 Å². The number of aromatic amines is 1. The number of ether oxygens (including phenoxy) is 1. The van der Waals surface area contributed by atoms with Crippen LogP contribution in [-0.2, 0) is 16.4 Å². The molecule has 2 rings (SSSR count).